The molecular weight excluding hydrogens is 156 g/mol. The Kier molecular flexibility index (Phi) is 4.20. The summed E-state index contributed by atoms with van der Waals surface area (Å²) in [6.07, 6.45) is 0. The summed E-state index contributed by atoms with van der Waals surface area (Å²) >= 11 is 0. The number of primary amides is 1. The van der Waals surface area contributed by atoms with E-state index < -0.39 is 0 Å². The van der Waals surface area contributed by atoms with Crippen LogP contribution < -0.4 is 11.2 Å². The van der Waals surface area contributed by atoms with Crippen LogP contribution in [-0.4, -0.2) is 18.1 Å². The highest BCUT2D eigenvalue weighted by molar-refractivity contribution is 5.76. The molecule has 0 saturated carbocycles. The fourth-order valence-corrected chi connectivity index (χ4v) is 0.484. The molecule has 0 spiro atoms. The van der Waals surface area contributed by atoms with Gasteiger partial charge in [-0.25, -0.2) is 5.48 Å². The molecular formula is C8H18N2O2. The predicted octanol–water partition coefficient (Wildman–Crippen LogP) is 0.428. The second-order valence-corrected chi connectivity index (χ2v) is 3.87. The van der Waals surface area contributed by atoms with E-state index in [9.17, 15) is 4.79 Å². The molecule has 0 aliphatic heterocycles. The van der Waals surface area contributed by atoms with E-state index in [-0.39, 0.29) is 17.4 Å². The Hall–Kier alpha value is -0.610. The van der Waals surface area contributed by atoms with Crippen molar-refractivity contribution in [2.75, 3.05) is 6.54 Å². The first-order valence-corrected chi connectivity index (χ1v) is 4.03. The first kappa shape index (κ1) is 11.4. The van der Waals surface area contributed by atoms with Crippen LogP contribution >= 0.6 is 0 Å². The van der Waals surface area contributed by atoms with E-state index in [1.165, 1.54) is 0 Å². The number of carbonyl (C=O) groups excluding carboxylic acids is 1. The molecule has 0 saturated heterocycles. The molecule has 1 atom stereocenters. The third kappa shape index (κ3) is 6.12. The van der Waals surface area contributed by atoms with E-state index in [2.05, 4.69) is 5.48 Å². The number of rotatable bonds is 4. The Balaban J connectivity index is 3.51. The van der Waals surface area contributed by atoms with Gasteiger partial charge in [0.05, 0.1) is 5.60 Å². The number of hydroxylamine groups is 1. The highest BCUT2D eigenvalue weighted by Gasteiger charge is 2.12. The van der Waals surface area contributed by atoms with Crippen LogP contribution in [0.3, 0.4) is 0 Å². The highest BCUT2D eigenvalue weighted by atomic mass is 16.7. The lowest BCUT2D eigenvalue weighted by Crippen LogP contribution is -2.35. The van der Waals surface area contributed by atoms with Gasteiger partial charge in [0, 0.05) is 12.5 Å². The van der Waals surface area contributed by atoms with E-state index in [4.69, 9.17) is 10.6 Å². The van der Waals surface area contributed by atoms with Crippen molar-refractivity contribution in [2.24, 2.45) is 11.7 Å². The van der Waals surface area contributed by atoms with Crippen LogP contribution in [0.2, 0.25) is 0 Å². The average Bonchev–Trinajstić information content (AvgIpc) is 1.84. The molecule has 72 valence electrons. The summed E-state index contributed by atoms with van der Waals surface area (Å²) in [7, 11) is 0. The standard InChI is InChI=1S/C8H18N2O2/c1-6(7(9)11)5-10-12-8(2,3)4/h6,10H,5H2,1-4H3,(H2,9,11). The zero-order valence-corrected chi connectivity index (χ0v) is 8.18. The second-order valence-electron chi connectivity index (χ2n) is 3.87. The van der Waals surface area contributed by atoms with Crippen molar-refractivity contribution in [3.05, 3.63) is 0 Å². The summed E-state index contributed by atoms with van der Waals surface area (Å²) in [6, 6.07) is 0. The Labute approximate surface area is 73.4 Å². The molecule has 0 bridgehead atoms. The summed E-state index contributed by atoms with van der Waals surface area (Å²) in [5, 5.41) is 0. The van der Waals surface area contributed by atoms with E-state index in [1.807, 2.05) is 20.8 Å². The van der Waals surface area contributed by atoms with Crippen LogP contribution in [0.5, 0.6) is 0 Å². The molecule has 0 radical (unpaired) electrons. The Morgan fingerprint density at radius 2 is 2.08 bits per heavy atom. The SMILES string of the molecule is CC(CNOC(C)(C)C)C(N)=O. The summed E-state index contributed by atoms with van der Waals surface area (Å²) in [5.74, 6) is -0.521. The van der Waals surface area contributed by atoms with Crippen molar-refractivity contribution in [3.8, 4) is 0 Å². The summed E-state index contributed by atoms with van der Waals surface area (Å²) < 4.78 is 0. The number of carbonyl (C=O) groups is 1. The lowest BCUT2D eigenvalue weighted by atomic mass is 10.2. The van der Waals surface area contributed by atoms with Crippen molar-refractivity contribution < 1.29 is 9.63 Å². The van der Waals surface area contributed by atoms with Gasteiger partial charge in [0.25, 0.3) is 0 Å². The first-order valence-electron chi connectivity index (χ1n) is 4.03. The molecule has 0 aliphatic carbocycles. The molecule has 0 fully saturated rings. The monoisotopic (exact) mass is 174 g/mol. The van der Waals surface area contributed by atoms with Crippen LogP contribution in [0.25, 0.3) is 0 Å². The molecule has 0 aromatic rings. The largest absolute Gasteiger partial charge is 0.369 e. The van der Waals surface area contributed by atoms with Crippen LogP contribution in [0.1, 0.15) is 27.7 Å². The van der Waals surface area contributed by atoms with Gasteiger partial charge < -0.3 is 5.73 Å². The second kappa shape index (κ2) is 4.42. The highest BCUT2D eigenvalue weighted by Crippen LogP contribution is 2.03. The molecule has 4 heteroatoms. The van der Waals surface area contributed by atoms with Gasteiger partial charge in [-0.2, -0.15) is 0 Å². The fraction of sp³-hybridized carbons (Fsp3) is 0.875. The lowest BCUT2D eigenvalue weighted by molar-refractivity contribution is -0.124. The molecule has 12 heavy (non-hydrogen) atoms. The van der Waals surface area contributed by atoms with Crippen LogP contribution in [0.15, 0.2) is 0 Å². The van der Waals surface area contributed by atoms with Crippen LogP contribution in [0.4, 0.5) is 0 Å². The van der Waals surface area contributed by atoms with Gasteiger partial charge in [-0.1, -0.05) is 6.92 Å². The van der Waals surface area contributed by atoms with Crippen molar-refractivity contribution >= 4 is 5.91 Å². The zero-order chi connectivity index (χ0) is 9.78. The van der Waals surface area contributed by atoms with Gasteiger partial charge in [0.15, 0.2) is 0 Å². The maximum absolute atomic E-state index is 10.6. The van der Waals surface area contributed by atoms with Crippen molar-refractivity contribution in [2.45, 2.75) is 33.3 Å². The number of amides is 1. The zero-order valence-electron chi connectivity index (χ0n) is 8.18. The van der Waals surface area contributed by atoms with E-state index in [0.717, 1.165) is 0 Å². The van der Waals surface area contributed by atoms with E-state index in [0.29, 0.717) is 6.54 Å². The fourth-order valence-electron chi connectivity index (χ4n) is 0.484. The number of nitrogens with two attached hydrogens (primary N) is 1. The molecule has 1 unspecified atom stereocenters. The normalized spacial score (nSPS) is 14.3. The van der Waals surface area contributed by atoms with Crippen molar-refractivity contribution in [3.63, 3.8) is 0 Å². The molecule has 0 aromatic carbocycles. The molecule has 3 N–H and O–H groups in total. The van der Waals surface area contributed by atoms with Gasteiger partial charge in [-0.15, -0.1) is 0 Å². The maximum Gasteiger partial charge on any atom is 0.221 e. The van der Waals surface area contributed by atoms with Crippen molar-refractivity contribution in [1.82, 2.24) is 5.48 Å². The van der Waals surface area contributed by atoms with Crippen LogP contribution in [-0.2, 0) is 9.63 Å². The smallest absolute Gasteiger partial charge is 0.221 e. The predicted molar refractivity (Wildman–Crippen MR) is 47.2 cm³/mol. The molecule has 0 aliphatic rings. The Morgan fingerprint density at radius 1 is 1.58 bits per heavy atom. The average molecular weight is 174 g/mol. The first-order chi connectivity index (χ1) is 5.33. The minimum Gasteiger partial charge on any atom is -0.369 e. The number of nitrogens with one attached hydrogen (secondary N) is 1. The maximum atomic E-state index is 10.6. The lowest BCUT2D eigenvalue weighted by Gasteiger charge is -2.20. The van der Waals surface area contributed by atoms with Gasteiger partial charge >= 0.3 is 0 Å². The van der Waals surface area contributed by atoms with Gasteiger partial charge in [0.1, 0.15) is 0 Å². The molecule has 4 nitrogen and oxygen atoms in total. The molecule has 0 rings (SSSR count). The quantitative estimate of drug-likeness (QED) is 0.607. The topological polar surface area (TPSA) is 64.3 Å². The van der Waals surface area contributed by atoms with E-state index >= 15 is 0 Å². The number of hydrogen-bond acceptors (Lipinski definition) is 3. The van der Waals surface area contributed by atoms with Gasteiger partial charge in [-0.3, -0.25) is 9.63 Å². The van der Waals surface area contributed by atoms with E-state index in [1.54, 1.807) is 6.92 Å². The molecule has 0 heterocycles. The summed E-state index contributed by atoms with van der Waals surface area (Å²) in [5.41, 5.74) is 7.52. The molecule has 1 amide bonds. The summed E-state index contributed by atoms with van der Waals surface area (Å²) in [6.45, 7) is 7.98. The third-order valence-electron chi connectivity index (χ3n) is 1.25. The van der Waals surface area contributed by atoms with Gasteiger partial charge in [0.2, 0.25) is 5.91 Å². The summed E-state index contributed by atoms with van der Waals surface area (Å²) in [4.78, 5) is 15.8. The van der Waals surface area contributed by atoms with Gasteiger partial charge in [-0.05, 0) is 20.8 Å². The minimum absolute atomic E-state index is 0.202. The Bertz CT molecular complexity index is 152. The molecule has 0 aromatic heterocycles. The third-order valence-corrected chi connectivity index (χ3v) is 1.25. The minimum atomic E-state index is -0.319. The Morgan fingerprint density at radius 3 is 2.42 bits per heavy atom. The number of hydrogen-bond donors (Lipinski definition) is 2. The van der Waals surface area contributed by atoms with Crippen molar-refractivity contribution in [1.29, 1.82) is 0 Å². The van der Waals surface area contributed by atoms with Crippen LogP contribution in [0, 0.1) is 5.92 Å².